The second-order valence-electron chi connectivity index (χ2n) is 10.4. The number of methoxy groups -OCH3 is 3. The Morgan fingerprint density at radius 3 is 2.24 bits per heavy atom. The van der Waals surface area contributed by atoms with Crippen molar-refractivity contribution < 1.29 is 38.7 Å². The minimum absolute atomic E-state index is 0.149. The quantitative estimate of drug-likeness (QED) is 0.456. The number of aliphatic hydroxyl groups is 2. The molecule has 2 heterocycles. The van der Waals surface area contributed by atoms with E-state index in [4.69, 9.17) is 23.7 Å². The summed E-state index contributed by atoms with van der Waals surface area (Å²) in [5.41, 5.74) is 0.880. The second kappa shape index (κ2) is 13.3. The molecule has 0 saturated carbocycles. The Bertz CT molecular complexity index is 876. The van der Waals surface area contributed by atoms with Crippen molar-refractivity contribution in [2.45, 2.75) is 88.9 Å². The number of hydrogen-bond acceptors (Lipinski definition) is 8. The molecule has 1 aromatic carbocycles. The number of benzene rings is 1. The molecule has 0 amide bonds. The van der Waals surface area contributed by atoms with Crippen LogP contribution in [0.25, 0.3) is 0 Å². The van der Waals surface area contributed by atoms with E-state index in [0.29, 0.717) is 6.42 Å². The van der Waals surface area contributed by atoms with Crippen LogP contribution in [-0.2, 0) is 28.5 Å². The monoisotopic (exact) mass is 520 g/mol. The minimum Gasteiger partial charge on any atom is -0.457 e. The highest BCUT2D eigenvalue weighted by Gasteiger charge is 2.58. The number of carbonyl (C=O) groups is 1. The standard InChI is InChI=1S/C29H44O8/c1-18-16-17-24(34-5)23(33-4)15-11-10-14-22(21-12-8-7-9-13-21)36-28(31)20(3)29(32)27(35-6)25(30)19(2)26(18)37-29/h7-9,12-13,16-20,22-27,30,32H,10-11,14-15H2,1-6H3/b17-16+/t18-,19-,20+,22+,23?,24+,25-,26-,27+,29+/m0/s1. The van der Waals surface area contributed by atoms with Gasteiger partial charge in [-0.2, -0.15) is 0 Å². The molecule has 0 aliphatic carbocycles. The van der Waals surface area contributed by atoms with Crippen LogP contribution in [0.1, 0.15) is 58.1 Å². The highest BCUT2D eigenvalue weighted by atomic mass is 16.7. The van der Waals surface area contributed by atoms with E-state index in [2.05, 4.69) is 0 Å². The average molecular weight is 521 g/mol. The molecule has 1 fully saturated rings. The van der Waals surface area contributed by atoms with Crippen LogP contribution in [0.4, 0.5) is 0 Å². The van der Waals surface area contributed by atoms with Gasteiger partial charge in [0, 0.05) is 33.2 Å². The van der Waals surface area contributed by atoms with Gasteiger partial charge in [0.1, 0.15) is 24.2 Å². The number of cyclic esters (lactones) is 1. The maximum absolute atomic E-state index is 13.5. The number of aliphatic hydroxyl groups excluding tert-OH is 1. The van der Waals surface area contributed by atoms with Gasteiger partial charge >= 0.3 is 5.97 Å². The number of fused-ring (bicyclic) bond motifs is 2. The number of ether oxygens (including phenoxy) is 5. The molecule has 208 valence electrons. The fourth-order valence-electron chi connectivity index (χ4n) is 5.56. The predicted octanol–water partition coefficient (Wildman–Crippen LogP) is 3.80. The van der Waals surface area contributed by atoms with Gasteiger partial charge in [-0.15, -0.1) is 0 Å². The Hall–Kier alpha value is -1.81. The van der Waals surface area contributed by atoms with E-state index in [1.807, 2.05) is 56.3 Å². The largest absolute Gasteiger partial charge is 0.457 e. The fraction of sp³-hybridized carbons (Fsp3) is 0.690. The summed E-state index contributed by atoms with van der Waals surface area (Å²) < 4.78 is 29.3. The molecule has 0 aromatic heterocycles. The summed E-state index contributed by atoms with van der Waals surface area (Å²) in [6.45, 7) is 5.36. The lowest BCUT2D eigenvalue weighted by Gasteiger charge is -2.51. The van der Waals surface area contributed by atoms with Crippen LogP contribution in [-0.4, -0.2) is 73.8 Å². The van der Waals surface area contributed by atoms with Crippen molar-refractivity contribution in [3.05, 3.63) is 48.0 Å². The van der Waals surface area contributed by atoms with E-state index in [1.54, 1.807) is 21.1 Å². The molecule has 2 aliphatic heterocycles. The number of carbonyl (C=O) groups excluding carboxylic acids is 1. The van der Waals surface area contributed by atoms with Crippen LogP contribution in [0.5, 0.6) is 0 Å². The molecule has 0 radical (unpaired) electrons. The summed E-state index contributed by atoms with van der Waals surface area (Å²) in [5, 5.41) is 22.9. The Kier molecular flexibility index (Phi) is 10.7. The highest BCUT2D eigenvalue weighted by Crippen LogP contribution is 2.42. The molecule has 1 aromatic rings. The smallest absolute Gasteiger partial charge is 0.314 e. The van der Waals surface area contributed by atoms with Gasteiger partial charge in [-0.3, -0.25) is 4.79 Å². The molecule has 1 unspecified atom stereocenters. The zero-order chi connectivity index (χ0) is 27.2. The maximum Gasteiger partial charge on any atom is 0.314 e. The van der Waals surface area contributed by atoms with Crippen molar-refractivity contribution in [2.75, 3.05) is 21.3 Å². The Balaban J connectivity index is 2.01. The lowest BCUT2D eigenvalue weighted by atomic mass is 9.78. The van der Waals surface area contributed by atoms with Gasteiger partial charge in [0.15, 0.2) is 0 Å². The van der Waals surface area contributed by atoms with Crippen molar-refractivity contribution in [2.24, 2.45) is 17.8 Å². The van der Waals surface area contributed by atoms with Crippen molar-refractivity contribution in [3.63, 3.8) is 0 Å². The van der Waals surface area contributed by atoms with Gasteiger partial charge < -0.3 is 33.9 Å². The number of rotatable bonds is 4. The van der Waals surface area contributed by atoms with Crippen LogP contribution in [0.2, 0.25) is 0 Å². The van der Waals surface area contributed by atoms with E-state index in [0.717, 1.165) is 24.8 Å². The first-order valence-corrected chi connectivity index (χ1v) is 13.3. The molecule has 3 rings (SSSR count). The van der Waals surface area contributed by atoms with E-state index in [9.17, 15) is 15.0 Å². The third kappa shape index (κ3) is 6.61. The van der Waals surface area contributed by atoms with E-state index < -0.39 is 42.1 Å². The molecule has 8 nitrogen and oxygen atoms in total. The molecule has 37 heavy (non-hydrogen) atoms. The molecular formula is C29H44O8. The van der Waals surface area contributed by atoms with Crippen molar-refractivity contribution in [3.8, 4) is 0 Å². The van der Waals surface area contributed by atoms with Crippen molar-refractivity contribution in [1.82, 2.24) is 0 Å². The summed E-state index contributed by atoms with van der Waals surface area (Å²) in [5.74, 6) is -4.38. The number of hydrogen-bond donors (Lipinski definition) is 2. The molecule has 0 spiro atoms. The zero-order valence-corrected chi connectivity index (χ0v) is 22.9. The Labute approximate surface area is 220 Å². The summed E-state index contributed by atoms with van der Waals surface area (Å²) in [4.78, 5) is 13.5. The first-order chi connectivity index (χ1) is 17.7. The van der Waals surface area contributed by atoms with Gasteiger partial charge in [0.2, 0.25) is 5.79 Å². The van der Waals surface area contributed by atoms with Gasteiger partial charge in [-0.1, -0.05) is 62.8 Å². The third-order valence-corrected chi connectivity index (χ3v) is 8.03. The topological polar surface area (TPSA) is 104 Å². The van der Waals surface area contributed by atoms with Crippen LogP contribution < -0.4 is 0 Å². The molecule has 2 N–H and O–H groups in total. The Morgan fingerprint density at radius 2 is 1.62 bits per heavy atom. The van der Waals surface area contributed by atoms with Crippen LogP contribution in [0, 0.1) is 17.8 Å². The number of esters is 1. The van der Waals surface area contributed by atoms with Crippen LogP contribution >= 0.6 is 0 Å². The van der Waals surface area contributed by atoms with Crippen molar-refractivity contribution >= 4 is 5.97 Å². The van der Waals surface area contributed by atoms with Crippen LogP contribution in [0.15, 0.2) is 42.5 Å². The zero-order valence-electron chi connectivity index (χ0n) is 22.9. The van der Waals surface area contributed by atoms with Gasteiger partial charge in [0.05, 0.1) is 18.3 Å². The molecule has 2 aliphatic rings. The first kappa shape index (κ1) is 29.7. The highest BCUT2D eigenvalue weighted by molar-refractivity contribution is 5.73. The first-order valence-electron chi connectivity index (χ1n) is 13.3. The average Bonchev–Trinajstić information content (AvgIpc) is 2.90. The second-order valence-corrected chi connectivity index (χ2v) is 10.4. The Morgan fingerprint density at radius 1 is 0.946 bits per heavy atom. The lowest BCUT2D eigenvalue weighted by Crippen LogP contribution is -2.66. The summed E-state index contributed by atoms with van der Waals surface area (Å²) in [6.07, 6.45) is 3.29. The lowest BCUT2D eigenvalue weighted by molar-refractivity contribution is -0.360. The van der Waals surface area contributed by atoms with Crippen LogP contribution in [0.3, 0.4) is 0 Å². The van der Waals surface area contributed by atoms with E-state index >= 15 is 0 Å². The molecular weight excluding hydrogens is 476 g/mol. The van der Waals surface area contributed by atoms with E-state index in [1.165, 1.54) is 7.11 Å². The maximum atomic E-state index is 13.5. The fourth-order valence-corrected chi connectivity index (χ4v) is 5.56. The molecule has 1 saturated heterocycles. The molecule has 2 bridgehead atoms. The van der Waals surface area contributed by atoms with Gasteiger partial charge in [-0.05, 0) is 31.7 Å². The minimum atomic E-state index is -2.08. The normalized spacial score (nSPS) is 41.1. The van der Waals surface area contributed by atoms with E-state index in [-0.39, 0.29) is 24.0 Å². The SMILES string of the molecule is COC1CCCC[C@H](c2ccccc2)OC(=O)[C@@H](C)[C@@]2(O)O[C@H]([C@@H](C)[C@H](O)[C@H]2OC)[C@@H](C)/C=C/[C@H]1OC. The summed E-state index contributed by atoms with van der Waals surface area (Å²) in [7, 11) is 4.72. The van der Waals surface area contributed by atoms with Crippen molar-refractivity contribution in [1.29, 1.82) is 0 Å². The predicted molar refractivity (Wildman–Crippen MR) is 139 cm³/mol. The van der Waals surface area contributed by atoms with Gasteiger partial charge in [-0.25, -0.2) is 0 Å². The summed E-state index contributed by atoms with van der Waals surface area (Å²) in [6, 6.07) is 9.58. The molecule has 10 atom stereocenters. The van der Waals surface area contributed by atoms with Gasteiger partial charge in [0.25, 0.3) is 0 Å². The molecule has 8 heteroatoms. The third-order valence-electron chi connectivity index (χ3n) is 8.03. The summed E-state index contributed by atoms with van der Waals surface area (Å²) >= 11 is 0.